The van der Waals surface area contributed by atoms with E-state index in [2.05, 4.69) is 0 Å². The summed E-state index contributed by atoms with van der Waals surface area (Å²) in [4.78, 5) is 11.8. The Labute approximate surface area is 139 Å². The van der Waals surface area contributed by atoms with Gasteiger partial charge in [0.15, 0.2) is 11.5 Å². The molecule has 0 amide bonds. The number of phenolic OH excluding ortho intramolecular Hbond substituents is 2. The molecule has 0 aliphatic rings. The van der Waals surface area contributed by atoms with Gasteiger partial charge in [0.25, 0.3) is 0 Å². The largest absolute Gasteiger partial charge is 0.504 e. The molecule has 0 aromatic heterocycles. The van der Waals surface area contributed by atoms with Gasteiger partial charge >= 0.3 is 5.97 Å². The first kappa shape index (κ1) is 16.8. The average molecular weight is 321 g/mol. The van der Waals surface area contributed by atoms with Crippen LogP contribution in [0.3, 0.4) is 0 Å². The van der Waals surface area contributed by atoms with Crippen LogP contribution in [0.4, 0.5) is 0 Å². The number of hydrogen-bond donors (Lipinski definition) is 2. The third-order valence-electron chi connectivity index (χ3n) is 3.10. The lowest BCUT2D eigenvalue weighted by Crippen LogP contribution is -2.01. The van der Waals surface area contributed by atoms with Crippen LogP contribution >= 0.6 is 0 Å². The number of carbonyl (C=O) groups excluding carboxylic acids is 1. The van der Waals surface area contributed by atoms with Crippen molar-refractivity contribution in [3.05, 3.63) is 71.8 Å². The maximum absolute atomic E-state index is 11.8. The highest BCUT2D eigenvalue weighted by Gasteiger charge is 2.08. The first-order chi connectivity index (χ1) is 11.6. The lowest BCUT2D eigenvalue weighted by atomic mass is 10.1. The van der Waals surface area contributed by atoms with Crippen molar-refractivity contribution < 1.29 is 19.7 Å². The number of nitrogens with zero attached hydrogens (tertiary/aromatic N) is 1. The summed E-state index contributed by atoms with van der Waals surface area (Å²) in [6.45, 7) is 0.0732. The Bertz CT molecular complexity index is 817. The van der Waals surface area contributed by atoms with Crippen molar-refractivity contribution in [1.29, 1.82) is 5.26 Å². The van der Waals surface area contributed by atoms with Crippen LogP contribution in [0.1, 0.15) is 11.1 Å². The van der Waals surface area contributed by atoms with Gasteiger partial charge in [-0.2, -0.15) is 5.26 Å². The molecule has 120 valence electrons. The Balaban J connectivity index is 1.98. The van der Waals surface area contributed by atoms with Crippen LogP contribution in [-0.4, -0.2) is 22.8 Å². The molecule has 24 heavy (non-hydrogen) atoms. The molecule has 0 aliphatic heterocycles. The van der Waals surface area contributed by atoms with E-state index in [1.807, 2.05) is 42.5 Å². The highest BCUT2D eigenvalue weighted by molar-refractivity contribution is 5.95. The van der Waals surface area contributed by atoms with E-state index >= 15 is 0 Å². The fourth-order valence-electron chi connectivity index (χ4n) is 1.91. The molecule has 0 unspecified atom stereocenters. The molecular weight excluding hydrogens is 306 g/mol. The number of phenols is 2. The standard InChI is InChI=1S/C19H15NO4/c20-13-16(15-8-9-17(21)18(22)11-15)12-19(23)24-10-4-7-14-5-2-1-3-6-14/h1-9,11-12,21-22H,10H2. The van der Waals surface area contributed by atoms with E-state index in [-0.39, 0.29) is 23.7 Å². The number of hydrogen-bond acceptors (Lipinski definition) is 5. The summed E-state index contributed by atoms with van der Waals surface area (Å²) < 4.78 is 5.01. The molecule has 2 rings (SSSR count). The van der Waals surface area contributed by atoms with E-state index in [0.29, 0.717) is 5.56 Å². The lowest BCUT2D eigenvalue weighted by molar-refractivity contribution is -0.136. The predicted octanol–water partition coefficient (Wildman–Crippen LogP) is 3.26. The van der Waals surface area contributed by atoms with Gasteiger partial charge < -0.3 is 14.9 Å². The van der Waals surface area contributed by atoms with Crippen molar-refractivity contribution in [3.63, 3.8) is 0 Å². The Hall–Kier alpha value is -3.52. The molecule has 0 heterocycles. The van der Waals surface area contributed by atoms with E-state index in [1.165, 1.54) is 18.2 Å². The van der Waals surface area contributed by atoms with Gasteiger partial charge in [0.2, 0.25) is 0 Å². The van der Waals surface area contributed by atoms with Gasteiger partial charge in [0.1, 0.15) is 12.7 Å². The molecule has 0 spiro atoms. The molecule has 0 saturated heterocycles. The van der Waals surface area contributed by atoms with Crippen LogP contribution < -0.4 is 0 Å². The zero-order valence-electron chi connectivity index (χ0n) is 12.7. The van der Waals surface area contributed by atoms with Gasteiger partial charge in [-0.1, -0.05) is 36.4 Å². The highest BCUT2D eigenvalue weighted by atomic mass is 16.5. The van der Waals surface area contributed by atoms with Gasteiger partial charge in [0.05, 0.1) is 5.57 Å². The lowest BCUT2D eigenvalue weighted by Gasteiger charge is -2.02. The molecular formula is C19H15NO4. The molecule has 0 aliphatic carbocycles. The van der Waals surface area contributed by atoms with Gasteiger partial charge in [-0.05, 0) is 35.4 Å². The van der Waals surface area contributed by atoms with Crippen molar-refractivity contribution in [2.45, 2.75) is 0 Å². The number of allylic oxidation sites excluding steroid dienone is 1. The molecule has 0 fully saturated rings. The third-order valence-corrected chi connectivity index (χ3v) is 3.10. The van der Waals surface area contributed by atoms with Crippen molar-refractivity contribution in [1.82, 2.24) is 0 Å². The highest BCUT2D eigenvalue weighted by Crippen LogP contribution is 2.28. The van der Waals surface area contributed by atoms with E-state index in [0.717, 1.165) is 11.6 Å². The minimum atomic E-state index is -0.670. The van der Waals surface area contributed by atoms with Crippen LogP contribution in [0.2, 0.25) is 0 Å². The van der Waals surface area contributed by atoms with Crippen molar-refractivity contribution in [2.24, 2.45) is 0 Å². The maximum Gasteiger partial charge on any atom is 0.332 e. The number of nitriles is 1. The third kappa shape index (κ3) is 4.75. The topological polar surface area (TPSA) is 90.6 Å². The van der Waals surface area contributed by atoms with E-state index < -0.39 is 5.97 Å². The van der Waals surface area contributed by atoms with Crippen molar-refractivity contribution >= 4 is 17.6 Å². The molecule has 0 radical (unpaired) electrons. The molecule has 0 bridgehead atoms. The number of rotatable bonds is 5. The van der Waals surface area contributed by atoms with Crippen LogP contribution in [0.25, 0.3) is 11.6 Å². The number of ether oxygens (including phenoxy) is 1. The second kappa shape index (κ2) is 8.20. The van der Waals surface area contributed by atoms with Crippen molar-refractivity contribution in [3.8, 4) is 17.6 Å². The monoisotopic (exact) mass is 321 g/mol. The average Bonchev–Trinajstić information content (AvgIpc) is 2.60. The Morgan fingerprint density at radius 1 is 1.12 bits per heavy atom. The molecule has 2 aromatic rings. The van der Waals surface area contributed by atoms with E-state index in [1.54, 1.807) is 6.08 Å². The fraction of sp³-hybridized carbons (Fsp3) is 0.0526. The summed E-state index contributed by atoms with van der Waals surface area (Å²) in [6, 6.07) is 15.3. The van der Waals surface area contributed by atoms with Crippen LogP contribution in [0.15, 0.2) is 60.7 Å². The molecule has 2 N–H and O–H groups in total. The number of benzene rings is 2. The number of esters is 1. The zero-order valence-corrected chi connectivity index (χ0v) is 12.7. The summed E-state index contributed by atoms with van der Waals surface area (Å²) in [5.74, 6) is -1.34. The zero-order chi connectivity index (χ0) is 17.4. The fourth-order valence-corrected chi connectivity index (χ4v) is 1.91. The summed E-state index contributed by atoms with van der Waals surface area (Å²) in [5, 5.41) is 27.8. The molecule has 0 saturated carbocycles. The SMILES string of the molecule is N#CC(=CC(=O)OCC=Cc1ccccc1)c1ccc(O)c(O)c1. The molecule has 2 aromatic carbocycles. The Kier molecular flexibility index (Phi) is 5.76. The van der Waals surface area contributed by atoms with Gasteiger partial charge in [-0.15, -0.1) is 0 Å². The van der Waals surface area contributed by atoms with Gasteiger partial charge in [-0.3, -0.25) is 0 Å². The number of aromatic hydroxyl groups is 2. The molecule has 5 heteroatoms. The van der Waals surface area contributed by atoms with Gasteiger partial charge in [0, 0.05) is 6.08 Å². The Morgan fingerprint density at radius 3 is 2.54 bits per heavy atom. The summed E-state index contributed by atoms with van der Waals surface area (Å²) in [7, 11) is 0. The van der Waals surface area contributed by atoms with E-state index in [4.69, 9.17) is 10.00 Å². The summed E-state index contributed by atoms with van der Waals surface area (Å²) in [5.41, 5.74) is 1.33. The van der Waals surface area contributed by atoms with E-state index in [9.17, 15) is 15.0 Å². The molecule has 0 atom stereocenters. The number of carbonyl (C=O) groups is 1. The van der Waals surface area contributed by atoms with Crippen LogP contribution in [-0.2, 0) is 9.53 Å². The molecule has 5 nitrogen and oxygen atoms in total. The second-order valence-electron chi connectivity index (χ2n) is 4.82. The summed E-state index contributed by atoms with van der Waals surface area (Å²) in [6.07, 6.45) is 4.56. The minimum absolute atomic E-state index is 0.0299. The first-order valence-corrected chi connectivity index (χ1v) is 7.12. The Morgan fingerprint density at radius 2 is 1.88 bits per heavy atom. The second-order valence-corrected chi connectivity index (χ2v) is 4.82. The quantitative estimate of drug-likeness (QED) is 0.382. The smallest absolute Gasteiger partial charge is 0.332 e. The maximum atomic E-state index is 11.8. The van der Waals surface area contributed by atoms with Crippen LogP contribution in [0.5, 0.6) is 11.5 Å². The predicted molar refractivity (Wildman–Crippen MR) is 89.8 cm³/mol. The van der Waals surface area contributed by atoms with Crippen molar-refractivity contribution in [2.75, 3.05) is 6.61 Å². The van der Waals surface area contributed by atoms with Crippen LogP contribution in [0, 0.1) is 11.3 Å². The minimum Gasteiger partial charge on any atom is -0.504 e. The first-order valence-electron chi connectivity index (χ1n) is 7.12. The summed E-state index contributed by atoms with van der Waals surface area (Å²) >= 11 is 0. The van der Waals surface area contributed by atoms with Gasteiger partial charge in [-0.25, -0.2) is 4.79 Å². The normalized spacial score (nSPS) is 11.2.